The van der Waals surface area contributed by atoms with Crippen molar-refractivity contribution in [2.75, 3.05) is 0 Å². The lowest BCUT2D eigenvalue weighted by Gasteiger charge is -2.16. The van der Waals surface area contributed by atoms with Gasteiger partial charge < -0.3 is 10.4 Å². The number of hydrogen-bond donors (Lipinski definition) is 2. The minimum Gasteiger partial charge on any atom is -0.480 e. The number of alkyl halides is 3. The molecule has 0 saturated heterocycles. The third-order valence-electron chi connectivity index (χ3n) is 2.35. The Balaban J connectivity index is 2.62. The van der Waals surface area contributed by atoms with Crippen molar-refractivity contribution in [3.8, 4) is 0 Å². The molecule has 0 aromatic heterocycles. The fourth-order valence-electron chi connectivity index (χ4n) is 1.46. The standard InChI is InChI=1S/C12H11ClF3NO3/c13-8-3-1-7(2-4-8)5-10(18)17-9(11(19)20)6-12(14,15)16/h1-4,9H,5-6H2,(H,17,18)(H,19,20). The van der Waals surface area contributed by atoms with Gasteiger partial charge in [0.05, 0.1) is 12.8 Å². The lowest BCUT2D eigenvalue weighted by Crippen LogP contribution is -2.44. The SMILES string of the molecule is O=C(Cc1ccc(Cl)cc1)NC(CC(F)(F)F)C(=O)O. The minimum absolute atomic E-state index is 0.223. The zero-order valence-corrected chi connectivity index (χ0v) is 10.8. The second kappa shape index (κ2) is 6.60. The molecule has 8 heteroatoms. The Morgan fingerprint density at radius 1 is 1.25 bits per heavy atom. The Bertz CT molecular complexity index is 488. The van der Waals surface area contributed by atoms with E-state index in [1.54, 1.807) is 0 Å². The van der Waals surface area contributed by atoms with Crippen LogP contribution in [0.5, 0.6) is 0 Å². The van der Waals surface area contributed by atoms with Gasteiger partial charge in [-0.2, -0.15) is 13.2 Å². The second-order valence-corrected chi connectivity index (χ2v) is 4.52. The molecule has 0 radical (unpaired) electrons. The molecule has 2 N–H and O–H groups in total. The number of amides is 1. The number of halogens is 4. The van der Waals surface area contributed by atoms with Crippen LogP contribution in [0.15, 0.2) is 24.3 Å². The van der Waals surface area contributed by atoms with Crippen LogP contribution in [-0.2, 0) is 16.0 Å². The predicted octanol–water partition coefficient (Wildman–Crippen LogP) is 2.40. The van der Waals surface area contributed by atoms with Crippen LogP contribution in [0.4, 0.5) is 13.2 Å². The molecule has 1 rings (SSSR count). The molecule has 0 aliphatic heterocycles. The highest BCUT2D eigenvalue weighted by Crippen LogP contribution is 2.21. The molecule has 0 saturated carbocycles. The first-order valence-corrected chi connectivity index (χ1v) is 5.88. The lowest BCUT2D eigenvalue weighted by molar-refractivity contribution is -0.159. The summed E-state index contributed by atoms with van der Waals surface area (Å²) in [5.41, 5.74) is 0.517. The summed E-state index contributed by atoms with van der Waals surface area (Å²) >= 11 is 5.64. The highest BCUT2D eigenvalue weighted by atomic mass is 35.5. The van der Waals surface area contributed by atoms with Gasteiger partial charge in [0.25, 0.3) is 0 Å². The van der Waals surface area contributed by atoms with Gasteiger partial charge in [-0.25, -0.2) is 4.79 Å². The van der Waals surface area contributed by atoms with Crippen LogP contribution in [0.25, 0.3) is 0 Å². The van der Waals surface area contributed by atoms with Gasteiger partial charge in [-0.1, -0.05) is 23.7 Å². The Labute approximate surface area is 117 Å². The molecule has 0 heterocycles. The van der Waals surface area contributed by atoms with E-state index >= 15 is 0 Å². The summed E-state index contributed by atoms with van der Waals surface area (Å²) in [4.78, 5) is 22.2. The number of benzene rings is 1. The quantitative estimate of drug-likeness (QED) is 0.877. The van der Waals surface area contributed by atoms with Gasteiger partial charge in [0.1, 0.15) is 6.04 Å². The molecule has 1 amide bonds. The van der Waals surface area contributed by atoms with Crippen molar-refractivity contribution in [3.63, 3.8) is 0 Å². The molecule has 0 aliphatic carbocycles. The third kappa shape index (κ3) is 5.92. The molecule has 20 heavy (non-hydrogen) atoms. The Morgan fingerprint density at radius 3 is 2.25 bits per heavy atom. The first-order valence-electron chi connectivity index (χ1n) is 5.51. The Hall–Kier alpha value is -1.76. The zero-order chi connectivity index (χ0) is 15.3. The second-order valence-electron chi connectivity index (χ2n) is 4.08. The summed E-state index contributed by atoms with van der Waals surface area (Å²) in [5, 5.41) is 11.0. The van der Waals surface area contributed by atoms with Gasteiger partial charge in [-0.15, -0.1) is 0 Å². The maximum absolute atomic E-state index is 12.2. The van der Waals surface area contributed by atoms with Crippen LogP contribution in [0.3, 0.4) is 0 Å². The summed E-state index contributed by atoms with van der Waals surface area (Å²) < 4.78 is 36.5. The largest absolute Gasteiger partial charge is 0.480 e. The van der Waals surface area contributed by atoms with E-state index in [2.05, 4.69) is 0 Å². The zero-order valence-electron chi connectivity index (χ0n) is 10.1. The molecule has 1 unspecified atom stereocenters. The van der Waals surface area contributed by atoms with Crippen molar-refractivity contribution < 1.29 is 27.9 Å². The van der Waals surface area contributed by atoms with E-state index in [4.69, 9.17) is 16.7 Å². The molecule has 1 aromatic carbocycles. The van der Waals surface area contributed by atoms with Gasteiger partial charge in [0, 0.05) is 5.02 Å². The molecule has 110 valence electrons. The average molecular weight is 310 g/mol. The normalized spacial score (nSPS) is 12.8. The van der Waals surface area contributed by atoms with Crippen LogP contribution in [0.2, 0.25) is 5.02 Å². The highest BCUT2D eigenvalue weighted by molar-refractivity contribution is 6.30. The monoisotopic (exact) mass is 309 g/mol. The van der Waals surface area contributed by atoms with Crippen molar-refractivity contribution in [3.05, 3.63) is 34.9 Å². The number of carbonyl (C=O) groups excluding carboxylic acids is 1. The number of rotatable bonds is 5. The van der Waals surface area contributed by atoms with E-state index in [1.165, 1.54) is 24.3 Å². The van der Waals surface area contributed by atoms with Crippen molar-refractivity contribution in [2.45, 2.75) is 25.1 Å². The number of nitrogens with one attached hydrogen (secondary N) is 1. The van der Waals surface area contributed by atoms with E-state index in [1.807, 2.05) is 5.32 Å². The van der Waals surface area contributed by atoms with E-state index in [0.717, 1.165) is 0 Å². The number of carboxylic acid groups (broad SMARTS) is 1. The van der Waals surface area contributed by atoms with E-state index in [-0.39, 0.29) is 6.42 Å². The predicted molar refractivity (Wildman–Crippen MR) is 65.4 cm³/mol. The summed E-state index contributed by atoms with van der Waals surface area (Å²) in [5.74, 6) is -2.53. The average Bonchev–Trinajstić information content (AvgIpc) is 2.29. The van der Waals surface area contributed by atoms with E-state index in [0.29, 0.717) is 10.6 Å². The molecular formula is C12H11ClF3NO3. The smallest absolute Gasteiger partial charge is 0.391 e. The van der Waals surface area contributed by atoms with Crippen molar-refractivity contribution >= 4 is 23.5 Å². The fraction of sp³-hybridized carbons (Fsp3) is 0.333. The topological polar surface area (TPSA) is 66.4 Å². The molecule has 0 bridgehead atoms. The van der Waals surface area contributed by atoms with Crippen LogP contribution in [-0.4, -0.2) is 29.2 Å². The summed E-state index contributed by atoms with van der Waals surface area (Å²) in [6, 6.07) is 4.11. The first-order chi connectivity index (χ1) is 9.17. The van der Waals surface area contributed by atoms with Gasteiger partial charge in [-0.05, 0) is 17.7 Å². The fourth-order valence-corrected chi connectivity index (χ4v) is 1.59. The van der Waals surface area contributed by atoms with Gasteiger partial charge in [-0.3, -0.25) is 4.79 Å². The number of hydrogen-bond acceptors (Lipinski definition) is 2. The summed E-state index contributed by atoms with van der Waals surface area (Å²) in [7, 11) is 0. The van der Waals surface area contributed by atoms with Gasteiger partial charge in [0.2, 0.25) is 5.91 Å². The van der Waals surface area contributed by atoms with Gasteiger partial charge in [0.15, 0.2) is 0 Å². The first kappa shape index (κ1) is 16.3. The van der Waals surface area contributed by atoms with Gasteiger partial charge >= 0.3 is 12.1 Å². The molecular weight excluding hydrogens is 299 g/mol. The summed E-state index contributed by atoms with van der Waals surface area (Å²) in [6.45, 7) is 0. The van der Waals surface area contributed by atoms with Crippen molar-refractivity contribution in [2.24, 2.45) is 0 Å². The summed E-state index contributed by atoms with van der Waals surface area (Å²) in [6.07, 6.45) is -6.51. The number of carbonyl (C=O) groups is 2. The lowest BCUT2D eigenvalue weighted by atomic mass is 10.1. The Kier molecular flexibility index (Phi) is 5.38. The Morgan fingerprint density at radius 2 is 1.80 bits per heavy atom. The molecule has 1 atom stereocenters. The molecule has 1 aromatic rings. The van der Waals surface area contributed by atoms with Crippen molar-refractivity contribution in [1.82, 2.24) is 5.32 Å². The minimum atomic E-state index is -4.67. The number of carboxylic acids is 1. The van der Waals surface area contributed by atoms with Crippen LogP contribution >= 0.6 is 11.6 Å². The molecule has 4 nitrogen and oxygen atoms in total. The van der Waals surface area contributed by atoms with Crippen molar-refractivity contribution in [1.29, 1.82) is 0 Å². The third-order valence-corrected chi connectivity index (χ3v) is 2.60. The maximum Gasteiger partial charge on any atom is 0.391 e. The molecule has 0 aliphatic rings. The molecule has 0 spiro atoms. The van der Waals surface area contributed by atoms with E-state index in [9.17, 15) is 22.8 Å². The van der Waals surface area contributed by atoms with Crippen LogP contribution in [0, 0.1) is 0 Å². The highest BCUT2D eigenvalue weighted by Gasteiger charge is 2.36. The van der Waals surface area contributed by atoms with E-state index < -0.39 is 30.5 Å². The maximum atomic E-state index is 12.2. The van der Waals surface area contributed by atoms with Crippen LogP contribution < -0.4 is 5.32 Å². The molecule has 0 fully saturated rings. The van der Waals surface area contributed by atoms with Crippen LogP contribution in [0.1, 0.15) is 12.0 Å². The number of aliphatic carboxylic acids is 1.